The summed E-state index contributed by atoms with van der Waals surface area (Å²) in [7, 11) is 0. The van der Waals surface area contributed by atoms with Crippen LogP contribution in [0.5, 0.6) is 0 Å². The van der Waals surface area contributed by atoms with E-state index in [1.807, 2.05) is 18.2 Å². The standard InChI is InChI=1S/C20H12ClNO3S/c21-15-9-7-14(8-10-15)19-18(20(24)25)16(12-26-19)22-17(23)11-6-13-4-2-1-3-5-13/h1-5,7-10,12H,(H,22,23)(H,24,25). The Morgan fingerprint density at radius 2 is 1.73 bits per heavy atom. The smallest absolute Gasteiger partial charge is 0.339 e. The van der Waals surface area contributed by atoms with Crippen LogP contribution in [-0.2, 0) is 4.79 Å². The molecule has 1 amide bonds. The molecule has 3 aromatic rings. The minimum atomic E-state index is -1.12. The molecular weight excluding hydrogens is 370 g/mol. The van der Waals surface area contributed by atoms with E-state index in [1.54, 1.807) is 41.8 Å². The zero-order valence-electron chi connectivity index (χ0n) is 13.3. The van der Waals surface area contributed by atoms with Crippen LogP contribution in [0.3, 0.4) is 0 Å². The molecular formula is C20H12ClNO3S. The van der Waals surface area contributed by atoms with Gasteiger partial charge >= 0.3 is 11.9 Å². The van der Waals surface area contributed by atoms with Crippen molar-refractivity contribution in [3.63, 3.8) is 0 Å². The first-order valence-corrected chi connectivity index (χ1v) is 8.79. The minimum absolute atomic E-state index is 0.0344. The molecule has 2 aromatic carbocycles. The molecule has 0 aliphatic rings. The highest BCUT2D eigenvalue weighted by Crippen LogP contribution is 2.36. The number of nitrogens with one attached hydrogen (secondary N) is 1. The number of anilines is 1. The fraction of sp³-hybridized carbons (Fsp3) is 0. The van der Waals surface area contributed by atoms with Crippen LogP contribution in [0.4, 0.5) is 5.69 Å². The maximum absolute atomic E-state index is 12.1. The molecule has 1 aromatic heterocycles. The lowest BCUT2D eigenvalue weighted by molar-refractivity contribution is -0.111. The average Bonchev–Trinajstić information content (AvgIpc) is 3.05. The van der Waals surface area contributed by atoms with Gasteiger partial charge in [0.1, 0.15) is 5.56 Å². The van der Waals surface area contributed by atoms with Crippen molar-refractivity contribution in [2.24, 2.45) is 0 Å². The van der Waals surface area contributed by atoms with E-state index in [4.69, 9.17) is 11.6 Å². The summed E-state index contributed by atoms with van der Waals surface area (Å²) in [5.41, 5.74) is 1.67. The highest BCUT2D eigenvalue weighted by Gasteiger charge is 2.20. The minimum Gasteiger partial charge on any atom is -0.478 e. The molecule has 1 heterocycles. The van der Waals surface area contributed by atoms with Crippen LogP contribution in [0.1, 0.15) is 15.9 Å². The lowest BCUT2D eigenvalue weighted by atomic mass is 10.1. The molecule has 6 heteroatoms. The van der Waals surface area contributed by atoms with Gasteiger partial charge in [-0.2, -0.15) is 0 Å². The van der Waals surface area contributed by atoms with Crippen molar-refractivity contribution in [1.29, 1.82) is 0 Å². The predicted octanol–water partition coefficient (Wildman–Crippen LogP) is 4.76. The lowest BCUT2D eigenvalue weighted by Crippen LogP contribution is -2.11. The highest BCUT2D eigenvalue weighted by atomic mass is 35.5. The summed E-state index contributed by atoms with van der Waals surface area (Å²) in [6.45, 7) is 0. The van der Waals surface area contributed by atoms with Gasteiger partial charge < -0.3 is 10.4 Å². The molecule has 0 unspecified atom stereocenters. The summed E-state index contributed by atoms with van der Waals surface area (Å²) in [6.07, 6.45) is 0. The van der Waals surface area contributed by atoms with Crippen molar-refractivity contribution in [1.82, 2.24) is 0 Å². The Morgan fingerprint density at radius 3 is 2.38 bits per heavy atom. The van der Waals surface area contributed by atoms with Crippen molar-refractivity contribution < 1.29 is 14.7 Å². The van der Waals surface area contributed by atoms with E-state index in [0.29, 0.717) is 21.0 Å². The topological polar surface area (TPSA) is 66.4 Å². The molecule has 0 aliphatic carbocycles. The van der Waals surface area contributed by atoms with Gasteiger partial charge in [-0.15, -0.1) is 11.3 Å². The maximum atomic E-state index is 12.1. The van der Waals surface area contributed by atoms with Crippen LogP contribution >= 0.6 is 22.9 Å². The molecule has 0 aliphatic heterocycles. The van der Waals surface area contributed by atoms with Crippen LogP contribution in [0.2, 0.25) is 5.02 Å². The van der Waals surface area contributed by atoms with Gasteiger partial charge in [0.05, 0.1) is 10.6 Å². The number of rotatable bonds is 3. The van der Waals surface area contributed by atoms with Crippen LogP contribution in [0.15, 0.2) is 60.0 Å². The van der Waals surface area contributed by atoms with Crippen molar-refractivity contribution in [2.75, 3.05) is 5.32 Å². The highest BCUT2D eigenvalue weighted by molar-refractivity contribution is 7.14. The Bertz CT molecular complexity index is 1010. The molecule has 26 heavy (non-hydrogen) atoms. The fourth-order valence-corrected chi connectivity index (χ4v) is 3.41. The Labute approximate surface area is 159 Å². The molecule has 0 atom stereocenters. The SMILES string of the molecule is O=C(C#Cc1ccccc1)Nc1csc(-c2ccc(Cl)cc2)c1C(=O)O. The van der Waals surface area contributed by atoms with E-state index < -0.39 is 11.9 Å². The maximum Gasteiger partial charge on any atom is 0.339 e. The molecule has 2 N–H and O–H groups in total. The molecule has 128 valence electrons. The molecule has 0 saturated carbocycles. The van der Waals surface area contributed by atoms with E-state index in [1.165, 1.54) is 11.3 Å². The summed E-state index contributed by atoms with van der Waals surface area (Å²) in [5.74, 6) is 3.51. The van der Waals surface area contributed by atoms with Crippen molar-refractivity contribution in [2.45, 2.75) is 0 Å². The zero-order chi connectivity index (χ0) is 18.5. The summed E-state index contributed by atoms with van der Waals surface area (Å²) in [5, 5.41) is 14.3. The lowest BCUT2D eigenvalue weighted by Gasteiger charge is -2.04. The summed E-state index contributed by atoms with van der Waals surface area (Å²) in [4.78, 5) is 24.3. The normalized spacial score (nSPS) is 9.88. The summed E-state index contributed by atoms with van der Waals surface area (Å²) in [6, 6.07) is 15.9. The van der Waals surface area contributed by atoms with Gasteiger partial charge in [-0.3, -0.25) is 4.79 Å². The van der Waals surface area contributed by atoms with Crippen LogP contribution < -0.4 is 5.32 Å². The summed E-state index contributed by atoms with van der Waals surface area (Å²) >= 11 is 7.11. The molecule has 0 fully saturated rings. The Balaban J connectivity index is 1.87. The number of halogens is 1. The van der Waals surface area contributed by atoms with Crippen LogP contribution in [-0.4, -0.2) is 17.0 Å². The Hall–Kier alpha value is -3.07. The number of aromatic carboxylic acids is 1. The molecule has 0 spiro atoms. The second-order valence-corrected chi connectivity index (χ2v) is 6.55. The third-order valence-electron chi connectivity index (χ3n) is 3.45. The van der Waals surface area contributed by atoms with Gasteiger partial charge in [-0.05, 0) is 29.8 Å². The van der Waals surface area contributed by atoms with Gasteiger partial charge in [0.15, 0.2) is 0 Å². The van der Waals surface area contributed by atoms with E-state index in [0.717, 1.165) is 0 Å². The van der Waals surface area contributed by atoms with Gasteiger partial charge in [-0.1, -0.05) is 47.9 Å². The number of carboxylic acid groups (broad SMARTS) is 1. The largest absolute Gasteiger partial charge is 0.478 e. The number of amides is 1. The van der Waals surface area contributed by atoms with Crippen molar-refractivity contribution in [3.8, 4) is 22.3 Å². The molecule has 4 nitrogen and oxygen atoms in total. The van der Waals surface area contributed by atoms with Gasteiger partial charge in [0.25, 0.3) is 0 Å². The third kappa shape index (κ3) is 4.12. The number of carbonyl (C=O) groups is 2. The van der Waals surface area contributed by atoms with Crippen molar-refractivity contribution >= 4 is 40.5 Å². The number of hydrogen-bond donors (Lipinski definition) is 2. The molecule has 0 saturated heterocycles. The number of carboxylic acids is 1. The fourth-order valence-electron chi connectivity index (χ4n) is 2.28. The quantitative estimate of drug-likeness (QED) is 0.643. The van der Waals surface area contributed by atoms with E-state index in [2.05, 4.69) is 17.2 Å². The van der Waals surface area contributed by atoms with Gasteiger partial charge in [0.2, 0.25) is 0 Å². The van der Waals surface area contributed by atoms with Gasteiger partial charge in [-0.25, -0.2) is 4.79 Å². The van der Waals surface area contributed by atoms with Crippen LogP contribution in [0.25, 0.3) is 10.4 Å². The third-order valence-corrected chi connectivity index (χ3v) is 4.73. The zero-order valence-corrected chi connectivity index (χ0v) is 14.9. The monoisotopic (exact) mass is 381 g/mol. The first-order chi connectivity index (χ1) is 12.5. The van der Waals surface area contributed by atoms with Crippen molar-refractivity contribution in [3.05, 3.63) is 76.1 Å². The summed E-state index contributed by atoms with van der Waals surface area (Å²) < 4.78 is 0. The number of benzene rings is 2. The second-order valence-electron chi connectivity index (χ2n) is 5.24. The number of thiophene rings is 1. The first-order valence-electron chi connectivity index (χ1n) is 7.53. The molecule has 0 radical (unpaired) electrons. The predicted molar refractivity (Wildman–Crippen MR) is 104 cm³/mol. The molecule has 3 rings (SSSR count). The molecule has 0 bridgehead atoms. The van der Waals surface area contributed by atoms with E-state index in [9.17, 15) is 14.7 Å². The Morgan fingerprint density at radius 1 is 1.04 bits per heavy atom. The average molecular weight is 382 g/mol. The first kappa shape index (κ1) is 17.7. The van der Waals surface area contributed by atoms with Gasteiger partial charge in [0, 0.05) is 21.9 Å². The number of carbonyl (C=O) groups excluding carboxylic acids is 1. The van der Waals surface area contributed by atoms with E-state index >= 15 is 0 Å². The van der Waals surface area contributed by atoms with E-state index in [-0.39, 0.29) is 11.3 Å². The van der Waals surface area contributed by atoms with Crippen LogP contribution in [0, 0.1) is 11.8 Å². The Kier molecular flexibility index (Phi) is 5.37. The second kappa shape index (κ2) is 7.87. The number of hydrogen-bond acceptors (Lipinski definition) is 3.